The Morgan fingerprint density at radius 2 is 2.00 bits per heavy atom. The number of hydrogen-bond donors (Lipinski definition) is 1. The van der Waals surface area contributed by atoms with Crippen molar-refractivity contribution in [1.29, 1.82) is 0 Å². The molecule has 1 aliphatic heterocycles. The van der Waals surface area contributed by atoms with Crippen molar-refractivity contribution in [2.24, 2.45) is 0 Å². The van der Waals surface area contributed by atoms with Gasteiger partial charge in [0.25, 0.3) is 0 Å². The molecule has 1 heterocycles. The van der Waals surface area contributed by atoms with Gasteiger partial charge in [0.05, 0.1) is 6.04 Å². The van der Waals surface area contributed by atoms with Crippen molar-refractivity contribution in [3.63, 3.8) is 0 Å². The lowest BCUT2D eigenvalue weighted by Crippen LogP contribution is -2.30. The molecule has 1 fully saturated rings. The number of ether oxygens (including phenoxy) is 1. The highest BCUT2D eigenvalue weighted by atomic mass is 16.5. The molecule has 1 aromatic carbocycles. The SMILES string of the molecule is CCc1ccc(CCC(=O)OCC2CCC(=O)N2)cc1. The second-order valence-corrected chi connectivity index (χ2v) is 5.16. The molecule has 108 valence electrons. The first-order chi connectivity index (χ1) is 9.67. The van der Waals surface area contributed by atoms with E-state index >= 15 is 0 Å². The maximum absolute atomic E-state index is 11.6. The summed E-state index contributed by atoms with van der Waals surface area (Å²) in [5, 5.41) is 2.78. The van der Waals surface area contributed by atoms with Gasteiger partial charge in [0.2, 0.25) is 5.91 Å². The summed E-state index contributed by atoms with van der Waals surface area (Å²) >= 11 is 0. The lowest BCUT2D eigenvalue weighted by Gasteiger charge is -2.10. The lowest BCUT2D eigenvalue weighted by molar-refractivity contribution is -0.144. The molecule has 1 atom stereocenters. The number of carbonyl (C=O) groups excluding carboxylic acids is 2. The van der Waals surface area contributed by atoms with E-state index < -0.39 is 0 Å². The van der Waals surface area contributed by atoms with E-state index in [1.165, 1.54) is 5.56 Å². The van der Waals surface area contributed by atoms with E-state index in [4.69, 9.17) is 4.74 Å². The summed E-state index contributed by atoms with van der Waals surface area (Å²) in [7, 11) is 0. The topological polar surface area (TPSA) is 55.4 Å². The molecule has 0 bridgehead atoms. The number of rotatable bonds is 6. The predicted molar refractivity (Wildman–Crippen MR) is 76.3 cm³/mol. The highest BCUT2D eigenvalue weighted by Gasteiger charge is 2.21. The summed E-state index contributed by atoms with van der Waals surface area (Å²) in [6, 6.07) is 8.30. The minimum atomic E-state index is -0.203. The maximum Gasteiger partial charge on any atom is 0.306 e. The summed E-state index contributed by atoms with van der Waals surface area (Å²) in [6.45, 7) is 2.41. The molecule has 0 aliphatic carbocycles. The van der Waals surface area contributed by atoms with E-state index in [0.717, 1.165) is 18.4 Å². The van der Waals surface area contributed by atoms with E-state index in [2.05, 4.69) is 36.5 Å². The molecule has 0 spiro atoms. The molecular formula is C16H21NO3. The van der Waals surface area contributed by atoms with E-state index in [1.54, 1.807) is 0 Å². The summed E-state index contributed by atoms with van der Waals surface area (Å²) in [5.74, 6) is -0.159. The highest BCUT2D eigenvalue weighted by Crippen LogP contribution is 2.09. The third kappa shape index (κ3) is 4.37. The number of benzene rings is 1. The fraction of sp³-hybridized carbons (Fsp3) is 0.500. The number of nitrogens with one attached hydrogen (secondary N) is 1. The van der Waals surface area contributed by atoms with Crippen LogP contribution >= 0.6 is 0 Å². The van der Waals surface area contributed by atoms with Gasteiger partial charge in [-0.1, -0.05) is 31.2 Å². The zero-order chi connectivity index (χ0) is 14.4. The van der Waals surface area contributed by atoms with Crippen LogP contribution in [0.5, 0.6) is 0 Å². The Hall–Kier alpha value is -1.84. The molecule has 1 saturated heterocycles. The average Bonchev–Trinajstić information content (AvgIpc) is 2.89. The second-order valence-electron chi connectivity index (χ2n) is 5.16. The van der Waals surface area contributed by atoms with Crippen LogP contribution < -0.4 is 5.32 Å². The van der Waals surface area contributed by atoms with Crippen molar-refractivity contribution < 1.29 is 14.3 Å². The standard InChI is InChI=1S/C16H21NO3/c1-2-12-3-5-13(6-4-12)7-10-16(19)20-11-14-8-9-15(18)17-14/h3-6,14H,2,7-11H2,1H3,(H,17,18). The van der Waals surface area contributed by atoms with Crippen LogP contribution in [0.25, 0.3) is 0 Å². The van der Waals surface area contributed by atoms with Crippen molar-refractivity contribution in [2.45, 2.75) is 45.1 Å². The quantitative estimate of drug-likeness (QED) is 0.808. The Bertz CT molecular complexity index is 467. The van der Waals surface area contributed by atoms with Crippen LogP contribution in [0.4, 0.5) is 0 Å². The Labute approximate surface area is 119 Å². The van der Waals surface area contributed by atoms with Crippen molar-refractivity contribution in [2.75, 3.05) is 6.61 Å². The fourth-order valence-corrected chi connectivity index (χ4v) is 2.26. The second kappa shape index (κ2) is 7.08. The summed E-state index contributed by atoms with van der Waals surface area (Å²) in [5.41, 5.74) is 2.45. The number of esters is 1. The molecular weight excluding hydrogens is 254 g/mol. The van der Waals surface area contributed by atoms with Gasteiger partial charge in [-0.05, 0) is 30.4 Å². The highest BCUT2D eigenvalue weighted by molar-refractivity contribution is 5.78. The minimum Gasteiger partial charge on any atom is -0.463 e. The van der Waals surface area contributed by atoms with E-state index in [1.807, 2.05) is 0 Å². The summed E-state index contributed by atoms with van der Waals surface area (Å²) in [6.07, 6.45) is 3.39. The molecule has 0 aromatic heterocycles. The molecule has 1 unspecified atom stereocenters. The van der Waals surface area contributed by atoms with Crippen LogP contribution in [-0.2, 0) is 27.2 Å². The first-order valence-electron chi connectivity index (χ1n) is 7.20. The largest absolute Gasteiger partial charge is 0.463 e. The summed E-state index contributed by atoms with van der Waals surface area (Å²) < 4.78 is 5.19. The third-order valence-electron chi connectivity index (χ3n) is 3.58. The molecule has 4 heteroatoms. The van der Waals surface area contributed by atoms with Gasteiger partial charge >= 0.3 is 5.97 Å². The zero-order valence-corrected chi connectivity index (χ0v) is 11.9. The minimum absolute atomic E-state index is 0.00436. The Morgan fingerprint density at radius 1 is 1.30 bits per heavy atom. The smallest absolute Gasteiger partial charge is 0.306 e. The molecule has 0 radical (unpaired) electrons. The van der Waals surface area contributed by atoms with Crippen LogP contribution in [0.2, 0.25) is 0 Å². The van der Waals surface area contributed by atoms with Crippen LogP contribution in [0.1, 0.15) is 37.3 Å². The maximum atomic E-state index is 11.6. The van der Waals surface area contributed by atoms with Crippen LogP contribution in [0.15, 0.2) is 24.3 Å². The third-order valence-corrected chi connectivity index (χ3v) is 3.58. The molecule has 1 amide bonds. The monoisotopic (exact) mass is 275 g/mol. The average molecular weight is 275 g/mol. The number of aryl methyl sites for hydroxylation is 2. The van der Waals surface area contributed by atoms with Gasteiger partial charge in [-0.15, -0.1) is 0 Å². The van der Waals surface area contributed by atoms with E-state index in [0.29, 0.717) is 25.9 Å². The van der Waals surface area contributed by atoms with E-state index in [9.17, 15) is 9.59 Å². The van der Waals surface area contributed by atoms with Gasteiger partial charge in [-0.2, -0.15) is 0 Å². The van der Waals surface area contributed by atoms with Gasteiger partial charge < -0.3 is 10.1 Å². The van der Waals surface area contributed by atoms with Crippen molar-refractivity contribution in [3.8, 4) is 0 Å². The van der Waals surface area contributed by atoms with Crippen molar-refractivity contribution in [1.82, 2.24) is 5.32 Å². The van der Waals surface area contributed by atoms with Crippen LogP contribution in [0.3, 0.4) is 0 Å². The molecule has 0 saturated carbocycles. The predicted octanol–water partition coefficient (Wildman–Crippen LogP) is 2.00. The summed E-state index contributed by atoms with van der Waals surface area (Å²) in [4.78, 5) is 22.7. The first kappa shape index (κ1) is 14.6. The molecule has 1 N–H and O–H groups in total. The molecule has 1 aliphatic rings. The molecule has 4 nitrogen and oxygen atoms in total. The number of carbonyl (C=O) groups is 2. The van der Waals surface area contributed by atoms with Crippen LogP contribution in [-0.4, -0.2) is 24.5 Å². The Balaban J connectivity index is 1.67. The number of amides is 1. The van der Waals surface area contributed by atoms with Crippen molar-refractivity contribution >= 4 is 11.9 Å². The molecule has 2 rings (SSSR count). The molecule has 1 aromatic rings. The van der Waals surface area contributed by atoms with Gasteiger partial charge in [0.1, 0.15) is 6.61 Å². The zero-order valence-electron chi connectivity index (χ0n) is 11.9. The van der Waals surface area contributed by atoms with Crippen LogP contribution in [0, 0.1) is 0 Å². The van der Waals surface area contributed by atoms with Gasteiger partial charge in [-0.25, -0.2) is 0 Å². The molecule has 20 heavy (non-hydrogen) atoms. The lowest BCUT2D eigenvalue weighted by atomic mass is 10.1. The van der Waals surface area contributed by atoms with Gasteiger partial charge in [-0.3, -0.25) is 9.59 Å². The van der Waals surface area contributed by atoms with E-state index in [-0.39, 0.29) is 17.9 Å². The Kier molecular flexibility index (Phi) is 5.16. The fourth-order valence-electron chi connectivity index (χ4n) is 2.26. The van der Waals surface area contributed by atoms with Gasteiger partial charge in [0, 0.05) is 12.8 Å². The Morgan fingerprint density at radius 3 is 2.60 bits per heavy atom. The normalized spacial score (nSPS) is 17.9. The van der Waals surface area contributed by atoms with Gasteiger partial charge in [0.15, 0.2) is 0 Å². The van der Waals surface area contributed by atoms with Crippen molar-refractivity contribution in [3.05, 3.63) is 35.4 Å². The first-order valence-corrected chi connectivity index (χ1v) is 7.20. The number of hydrogen-bond acceptors (Lipinski definition) is 3.